The first-order valence-corrected chi connectivity index (χ1v) is 7.86. The van der Waals surface area contributed by atoms with Crippen LogP contribution >= 0.6 is 12.4 Å². The summed E-state index contributed by atoms with van der Waals surface area (Å²) in [6.45, 7) is 0. The summed E-state index contributed by atoms with van der Waals surface area (Å²) >= 11 is 0. The zero-order valence-corrected chi connectivity index (χ0v) is 14.9. The summed E-state index contributed by atoms with van der Waals surface area (Å²) in [5.41, 5.74) is 7.10. The van der Waals surface area contributed by atoms with Crippen molar-refractivity contribution in [3.8, 4) is 17.2 Å². The molecule has 1 fully saturated rings. The van der Waals surface area contributed by atoms with Crippen molar-refractivity contribution in [3.05, 3.63) is 17.7 Å². The van der Waals surface area contributed by atoms with Crippen molar-refractivity contribution in [3.63, 3.8) is 0 Å². The number of hydrogen-bond donors (Lipinski definition) is 2. The van der Waals surface area contributed by atoms with Gasteiger partial charge in [-0.25, -0.2) is 0 Å². The fourth-order valence-corrected chi connectivity index (χ4v) is 3.26. The molecule has 2 rings (SSSR count). The highest BCUT2D eigenvalue weighted by atomic mass is 35.5. The molecule has 1 saturated carbocycles. The molecule has 1 aromatic carbocycles. The van der Waals surface area contributed by atoms with E-state index in [0.29, 0.717) is 17.2 Å². The van der Waals surface area contributed by atoms with Crippen molar-refractivity contribution in [2.24, 2.45) is 11.7 Å². The summed E-state index contributed by atoms with van der Waals surface area (Å²) in [4.78, 5) is 0. The van der Waals surface area contributed by atoms with E-state index < -0.39 is 12.1 Å². The molecule has 0 aromatic heterocycles. The number of aliphatic hydroxyl groups excluding tert-OH is 1. The molecule has 1 aliphatic rings. The molecular weight excluding hydrogens is 318 g/mol. The summed E-state index contributed by atoms with van der Waals surface area (Å²) in [6, 6.07) is 3.17. The van der Waals surface area contributed by atoms with E-state index in [1.165, 1.54) is 19.3 Å². The standard InChI is InChI=1S/C17H27NO4.ClH/c1-20-13-9-12(10-14(21-2)17(13)22-3)15(18)16(19)11-7-5-4-6-8-11;/h9-11,15-16,19H,4-8,18H2,1-3H3;1H/t15-,16+;/m0./s1. The van der Waals surface area contributed by atoms with Gasteiger partial charge in [0.05, 0.1) is 33.5 Å². The van der Waals surface area contributed by atoms with Crippen molar-refractivity contribution in [2.75, 3.05) is 21.3 Å². The largest absolute Gasteiger partial charge is 0.493 e. The normalized spacial score (nSPS) is 17.8. The number of hydrogen-bond acceptors (Lipinski definition) is 5. The van der Waals surface area contributed by atoms with Crippen LogP contribution < -0.4 is 19.9 Å². The molecule has 23 heavy (non-hydrogen) atoms. The highest BCUT2D eigenvalue weighted by Gasteiger charge is 2.29. The highest BCUT2D eigenvalue weighted by molar-refractivity contribution is 5.85. The fourth-order valence-electron chi connectivity index (χ4n) is 3.26. The maximum absolute atomic E-state index is 10.6. The molecule has 0 aliphatic heterocycles. The Morgan fingerprint density at radius 1 is 1.00 bits per heavy atom. The molecule has 5 nitrogen and oxygen atoms in total. The van der Waals surface area contributed by atoms with Crippen LogP contribution in [0.2, 0.25) is 0 Å². The molecule has 0 heterocycles. The number of methoxy groups -OCH3 is 3. The van der Waals surface area contributed by atoms with Gasteiger partial charge in [0.15, 0.2) is 11.5 Å². The average molecular weight is 346 g/mol. The first-order valence-electron chi connectivity index (χ1n) is 7.86. The third-order valence-corrected chi connectivity index (χ3v) is 4.57. The fraction of sp³-hybridized carbons (Fsp3) is 0.647. The van der Waals surface area contributed by atoms with Gasteiger partial charge in [0.2, 0.25) is 5.75 Å². The first kappa shape index (κ1) is 19.9. The molecule has 0 unspecified atom stereocenters. The van der Waals surface area contributed by atoms with E-state index in [9.17, 15) is 5.11 Å². The zero-order valence-electron chi connectivity index (χ0n) is 14.1. The third kappa shape index (κ3) is 4.43. The summed E-state index contributed by atoms with van der Waals surface area (Å²) in [5.74, 6) is 1.92. The summed E-state index contributed by atoms with van der Waals surface area (Å²) < 4.78 is 16.0. The van der Waals surface area contributed by atoms with Gasteiger partial charge in [0, 0.05) is 0 Å². The van der Waals surface area contributed by atoms with Crippen LogP contribution in [0, 0.1) is 5.92 Å². The molecule has 0 spiro atoms. The van der Waals surface area contributed by atoms with Gasteiger partial charge in [-0.1, -0.05) is 19.3 Å². The van der Waals surface area contributed by atoms with E-state index in [-0.39, 0.29) is 18.3 Å². The Morgan fingerprint density at radius 3 is 1.96 bits per heavy atom. The molecular formula is C17H28ClNO4. The number of nitrogens with two attached hydrogens (primary N) is 1. The predicted octanol–water partition coefficient (Wildman–Crippen LogP) is 3.08. The van der Waals surface area contributed by atoms with Gasteiger partial charge in [0.25, 0.3) is 0 Å². The molecule has 0 saturated heterocycles. The smallest absolute Gasteiger partial charge is 0.203 e. The van der Waals surface area contributed by atoms with Crippen LogP contribution in [0.3, 0.4) is 0 Å². The lowest BCUT2D eigenvalue weighted by atomic mass is 9.81. The molecule has 2 atom stereocenters. The van der Waals surface area contributed by atoms with Crippen molar-refractivity contribution >= 4 is 12.4 Å². The lowest BCUT2D eigenvalue weighted by Gasteiger charge is -2.31. The Morgan fingerprint density at radius 2 is 1.52 bits per heavy atom. The second-order valence-corrected chi connectivity index (χ2v) is 5.87. The second-order valence-electron chi connectivity index (χ2n) is 5.87. The van der Waals surface area contributed by atoms with Gasteiger partial charge in [-0.2, -0.15) is 0 Å². The van der Waals surface area contributed by atoms with Gasteiger partial charge in [-0.15, -0.1) is 12.4 Å². The maximum Gasteiger partial charge on any atom is 0.203 e. The van der Waals surface area contributed by atoms with Gasteiger partial charge in [-0.3, -0.25) is 0 Å². The minimum Gasteiger partial charge on any atom is -0.493 e. The Bertz CT molecular complexity index is 466. The van der Waals surface area contributed by atoms with E-state index in [1.54, 1.807) is 21.3 Å². The molecule has 6 heteroatoms. The van der Waals surface area contributed by atoms with Crippen LogP contribution in [0.25, 0.3) is 0 Å². The van der Waals surface area contributed by atoms with E-state index in [0.717, 1.165) is 18.4 Å². The Hall–Kier alpha value is -1.17. The van der Waals surface area contributed by atoms with Crippen LogP contribution in [-0.4, -0.2) is 32.5 Å². The van der Waals surface area contributed by atoms with Crippen LogP contribution in [0.15, 0.2) is 12.1 Å². The topological polar surface area (TPSA) is 73.9 Å². The molecule has 132 valence electrons. The molecule has 1 aromatic rings. The van der Waals surface area contributed by atoms with E-state index in [4.69, 9.17) is 19.9 Å². The molecule has 3 N–H and O–H groups in total. The number of rotatable bonds is 6. The number of benzene rings is 1. The molecule has 0 radical (unpaired) electrons. The van der Waals surface area contributed by atoms with Gasteiger partial charge in [-0.05, 0) is 36.5 Å². The maximum atomic E-state index is 10.6. The lowest BCUT2D eigenvalue weighted by Crippen LogP contribution is -2.34. The highest BCUT2D eigenvalue weighted by Crippen LogP contribution is 2.41. The lowest BCUT2D eigenvalue weighted by molar-refractivity contribution is 0.0616. The molecule has 1 aliphatic carbocycles. The van der Waals surface area contributed by atoms with Gasteiger partial charge in [0.1, 0.15) is 0 Å². The minimum absolute atomic E-state index is 0. The van der Waals surface area contributed by atoms with Crippen molar-refractivity contribution in [1.82, 2.24) is 0 Å². The van der Waals surface area contributed by atoms with Gasteiger partial charge < -0.3 is 25.1 Å². The Labute approximate surface area is 144 Å². The Kier molecular flexibility index (Phi) is 7.95. The number of halogens is 1. The number of ether oxygens (including phenoxy) is 3. The first-order chi connectivity index (χ1) is 10.6. The summed E-state index contributed by atoms with van der Waals surface area (Å²) in [6.07, 6.45) is 5.12. The Balaban J connectivity index is 0.00000264. The average Bonchev–Trinajstić information content (AvgIpc) is 2.59. The third-order valence-electron chi connectivity index (χ3n) is 4.57. The summed E-state index contributed by atoms with van der Waals surface area (Å²) in [5, 5.41) is 10.6. The molecule has 0 amide bonds. The van der Waals surface area contributed by atoms with Crippen LogP contribution in [0.4, 0.5) is 0 Å². The van der Waals surface area contributed by atoms with Gasteiger partial charge >= 0.3 is 0 Å². The zero-order chi connectivity index (χ0) is 16.1. The van der Waals surface area contributed by atoms with Crippen LogP contribution in [0.1, 0.15) is 43.7 Å². The quantitative estimate of drug-likeness (QED) is 0.828. The van der Waals surface area contributed by atoms with E-state index in [2.05, 4.69) is 0 Å². The monoisotopic (exact) mass is 345 g/mol. The minimum atomic E-state index is -0.553. The second kappa shape index (κ2) is 9.21. The molecule has 0 bridgehead atoms. The van der Waals surface area contributed by atoms with Crippen LogP contribution in [-0.2, 0) is 0 Å². The number of aliphatic hydroxyl groups is 1. The van der Waals surface area contributed by atoms with Crippen molar-refractivity contribution < 1.29 is 19.3 Å². The summed E-state index contributed by atoms with van der Waals surface area (Å²) in [7, 11) is 4.71. The van der Waals surface area contributed by atoms with Crippen molar-refractivity contribution in [1.29, 1.82) is 0 Å². The van der Waals surface area contributed by atoms with Crippen molar-refractivity contribution in [2.45, 2.75) is 44.2 Å². The van der Waals surface area contributed by atoms with Crippen LogP contribution in [0.5, 0.6) is 17.2 Å². The SMILES string of the molecule is COc1cc([C@H](N)[C@H](O)C2CCCCC2)cc(OC)c1OC.Cl. The van der Waals surface area contributed by atoms with E-state index >= 15 is 0 Å². The predicted molar refractivity (Wildman–Crippen MR) is 92.9 cm³/mol. The van der Waals surface area contributed by atoms with E-state index in [1.807, 2.05) is 12.1 Å².